The van der Waals surface area contributed by atoms with E-state index in [9.17, 15) is 9.90 Å². The van der Waals surface area contributed by atoms with Crippen molar-refractivity contribution in [3.05, 3.63) is 24.3 Å². The van der Waals surface area contributed by atoms with E-state index in [0.29, 0.717) is 12.8 Å². The van der Waals surface area contributed by atoms with Gasteiger partial charge in [-0.05, 0) is 13.3 Å². The van der Waals surface area contributed by atoms with E-state index in [4.69, 9.17) is 4.74 Å². The molecule has 72 valence electrons. The molecule has 1 heterocycles. The fourth-order valence-electron chi connectivity index (χ4n) is 1.20. The molecule has 1 saturated heterocycles. The van der Waals surface area contributed by atoms with Gasteiger partial charge in [0.15, 0.2) is 0 Å². The average molecular weight is 182 g/mol. The average Bonchev–Trinajstić information content (AvgIpc) is 2.52. The van der Waals surface area contributed by atoms with Crippen LogP contribution in [0.1, 0.15) is 19.8 Å². The van der Waals surface area contributed by atoms with Gasteiger partial charge in [-0.15, -0.1) is 0 Å². The van der Waals surface area contributed by atoms with Crippen molar-refractivity contribution in [2.24, 2.45) is 0 Å². The van der Waals surface area contributed by atoms with Gasteiger partial charge < -0.3 is 9.84 Å². The van der Waals surface area contributed by atoms with Gasteiger partial charge in [-0.3, -0.25) is 4.79 Å². The molecule has 1 fully saturated rings. The molecule has 1 unspecified atom stereocenters. The van der Waals surface area contributed by atoms with Crippen LogP contribution in [0, 0.1) is 0 Å². The Morgan fingerprint density at radius 2 is 2.38 bits per heavy atom. The summed E-state index contributed by atoms with van der Waals surface area (Å²) in [6.07, 6.45) is 7.06. The zero-order chi connectivity index (χ0) is 9.68. The van der Waals surface area contributed by atoms with Crippen molar-refractivity contribution in [1.82, 2.24) is 0 Å². The van der Waals surface area contributed by atoms with Gasteiger partial charge in [0.2, 0.25) is 0 Å². The first-order valence-electron chi connectivity index (χ1n) is 4.41. The number of aliphatic hydroxyl groups is 1. The molecule has 0 aromatic heterocycles. The topological polar surface area (TPSA) is 46.5 Å². The van der Waals surface area contributed by atoms with Crippen LogP contribution in [0.4, 0.5) is 0 Å². The number of esters is 1. The maximum absolute atomic E-state index is 10.7. The minimum absolute atomic E-state index is 0.219. The third-order valence-electron chi connectivity index (χ3n) is 1.91. The second-order valence-electron chi connectivity index (χ2n) is 2.97. The summed E-state index contributed by atoms with van der Waals surface area (Å²) in [6.45, 7) is 1.90. The molecule has 0 aliphatic carbocycles. The molecule has 2 atom stereocenters. The monoisotopic (exact) mass is 182 g/mol. The van der Waals surface area contributed by atoms with E-state index < -0.39 is 6.10 Å². The molecule has 13 heavy (non-hydrogen) atoms. The van der Waals surface area contributed by atoms with E-state index in [1.165, 1.54) is 0 Å². The maximum atomic E-state index is 10.7. The standard InChI is InChI=1S/C10H14O3/c1-2-3-4-5-8(11)9-6-7-10(12)13-9/h2-5,8-9,11H,6-7H2,1H3/b3-2+,5-4+/t8-,9?/m0/s1. The van der Waals surface area contributed by atoms with E-state index in [1.807, 2.05) is 19.1 Å². The first-order chi connectivity index (χ1) is 6.24. The van der Waals surface area contributed by atoms with Crippen LogP contribution in [-0.2, 0) is 9.53 Å². The summed E-state index contributed by atoms with van der Waals surface area (Å²) in [6, 6.07) is 0. The number of aliphatic hydroxyl groups excluding tert-OH is 1. The van der Waals surface area contributed by atoms with Gasteiger partial charge in [0.1, 0.15) is 12.2 Å². The lowest BCUT2D eigenvalue weighted by molar-refractivity contribution is -0.144. The maximum Gasteiger partial charge on any atom is 0.306 e. The molecule has 1 rings (SSSR count). The second-order valence-corrected chi connectivity index (χ2v) is 2.97. The molecular formula is C10H14O3. The second kappa shape index (κ2) is 4.82. The van der Waals surface area contributed by atoms with Crippen molar-refractivity contribution < 1.29 is 14.6 Å². The summed E-state index contributed by atoms with van der Waals surface area (Å²) < 4.78 is 4.89. The first kappa shape index (κ1) is 9.99. The Hall–Kier alpha value is -1.09. The van der Waals surface area contributed by atoms with E-state index in [-0.39, 0.29) is 12.1 Å². The van der Waals surface area contributed by atoms with Crippen LogP contribution >= 0.6 is 0 Å². The van der Waals surface area contributed by atoms with Crippen LogP contribution < -0.4 is 0 Å². The van der Waals surface area contributed by atoms with E-state index >= 15 is 0 Å². The Kier molecular flexibility index (Phi) is 3.71. The SMILES string of the molecule is C/C=C/C=C/[C@H](O)C1CCC(=O)O1. The molecule has 0 saturated carbocycles. The molecule has 0 aromatic carbocycles. The van der Waals surface area contributed by atoms with Gasteiger partial charge in [-0.1, -0.05) is 24.3 Å². The summed E-state index contributed by atoms with van der Waals surface area (Å²) in [5.74, 6) is -0.219. The number of ether oxygens (including phenoxy) is 1. The molecule has 0 amide bonds. The van der Waals surface area contributed by atoms with Crippen LogP contribution in [0.3, 0.4) is 0 Å². The van der Waals surface area contributed by atoms with Gasteiger partial charge >= 0.3 is 5.97 Å². The van der Waals surface area contributed by atoms with Crippen molar-refractivity contribution >= 4 is 5.97 Å². The highest BCUT2D eigenvalue weighted by molar-refractivity contribution is 5.71. The van der Waals surface area contributed by atoms with Crippen molar-refractivity contribution in [2.45, 2.75) is 32.0 Å². The Morgan fingerprint density at radius 1 is 1.62 bits per heavy atom. The number of hydrogen-bond donors (Lipinski definition) is 1. The highest BCUT2D eigenvalue weighted by atomic mass is 16.6. The van der Waals surface area contributed by atoms with Crippen molar-refractivity contribution in [3.8, 4) is 0 Å². The number of cyclic esters (lactones) is 1. The third-order valence-corrected chi connectivity index (χ3v) is 1.91. The van der Waals surface area contributed by atoms with Crippen LogP contribution in [0.25, 0.3) is 0 Å². The molecule has 1 N–H and O–H groups in total. The lowest BCUT2D eigenvalue weighted by Gasteiger charge is -2.12. The summed E-state index contributed by atoms with van der Waals surface area (Å²) in [7, 11) is 0. The Balaban J connectivity index is 2.39. The summed E-state index contributed by atoms with van der Waals surface area (Å²) in [5, 5.41) is 9.50. The number of carbonyl (C=O) groups is 1. The van der Waals surface area contributed by atoms with E-state index in [2.05, 4.69) is 0 Å². The molecule has 3 nitrogen and oxygen atoms in total. The fourth-order valence-corrected chi connectivity index (χ4v) is 1.20. The third kappa shape index (κ3) is 3.03. The highest BCUT2D eigenvalue weighted by Gasteiger charge is 2.27. The number of allylic oxidation sites excluding steroid dienone is 3. The Labute approximate surface area is 77.7 Å². The molecule has 0 aromatic rings. The van der Waals surface area contributed by atoms with Crippen LogP contribution in [0.15, 0.2) is 24.3 Å². The van der Waals surface area contributed by atoms with Crippen molar-refractivity contribution in [3.63, 3.8) is 0 Å². The van der Waals surface area contributed by atoms with Gasteiger partial charge in [0, 0.05) is 6.42 Å². The summed E-state index contributed by atoms with van der Waals surface area (Å²) in [4.78, 5) is 10.7. The van der Waals surface area contributed by atoms with Gasteiger partial charge in [-0.2, -0.15) is 0 Å². The number of carbonyl (C=O) groups excluding carboxylic acids is 1. The molecule has 1 aliphatic heterocycles. The van der Waals surface area contributed by atoms with E-state index in [1.54, 1.807) is 12.2 Å². The van der Waals surface area contributed by atoms with Crippen molar-refractivity contribution in [2.75, 3.05) is 0 Å². The highest BCUT2D eigenvalue weighted by Crippen LogP contribution is 2.17. The van der Waals surface area contributed by atoms with E-state index in [0.717, 1.165) is 0 Å². The molecule has 1 aliphatic rings. The van der Waals surface area contributed by atoms with Gasteiger partial charge in [0.25, 0.3) is 0 Å². The normalized spacial score (nSPS) is 25.7. The zero-order valence-electron chi connectivity index (χ0n) is 7.64. The summed E-state index contributed by atoms with van der Waals surface area (Å²) >= 11 is 0. The zero-order valence-corrected chi connectivity index (χ0v) is 7.64. The lowest BCUT2D eigenvalue weighted by Crippen LogP contribution is -2.23. The summed E-state index contributed by atoms with van der Waals surface area (Å²) in [5.41, 5.74) is 0. The Morgan fingerprint density at radius 3 is 2.92 bits per heavy atom. The van der Waals surface area contributed by atoms with Crippen molar-refractivity contribution in [1.29, 1.82) is 0 Å². The smallest absolute Gasteiger partial charge is 0.306 e. The van der Waals surface area contributed by atoms with Crippen LogP contribution in [0.5, 0.6) is 0 Å². The lowest BCUT2D eigenvalue weighted by atomic mass is 10.1. The predicted molar refractivity (Wildman–Crippen MR) is 49.1 cm³/mol. The van der Waals surface area contributed by atoms with Gasteiger partial charge in [0.05, 0.1) is 0 Å². The fraction of sp³-hybridized carbons (Fsp3) is 0.500. The molecule has 0 radical (unpaired) electrons. The molecule has 0 bridgehead atoms. The Bertz CT molecular complexity index is 230. The first-order valence-corrected chi connectivity index (χ1v) is 4.41. The molecule has 0 spiro atoms. The predicted octanol–water partition coefficient (Wildman–Crippen LogP) is 1.19. The quantitative estimate of drug-likeness (QED) is 0.526. The van der Waals surface area contributed by atoms with Crippen LogP contribution in [0.2, 0.25) is 0 Å². The van der Waals surface area contributed by atoms with Crippen LogP contribution in [-0.4, -0.2) is 23.3 Å². The minimum Gasteiger partial charge on any atom is -0.459 e. The number of hydrogen-bond acceptors (Lipinski definition) is 3. The minimum atomic E-state index is -0.678. The molecule has 3 heteroatoms. The van der Waals surface area contributed by atoms with Gasteiger partial charge in [-0.25, -0.2) is 0 Å². The largest absolute Gasteiger partial charge is 0.459 e. The number of rotatable bonds is 3. The molecular weight excluding hydrogens is 168 g/mol.